The maximum absolute atomic E-state index is 12.9. The third-order valence-electron chi connectivity index (χ3n) is 20.2. The molecule has 18 nitrogen and oxygen atoms in total. The number of nitriles is 1. The van der Waals surface area contributed by atoms with Gasteiger partial charge in [-0.1, -0.05) is 179 Å². The Kier molecular flexibility index (Phi) is 29.3. The fourth-order valence-electron chi connectivity index (χ4n) is 13.8. The molecule has 120 heavy (non-hydrogen) atoms. The average molecular weight is 1650 g/mol. The molecule has 1 fully saturated rings. The van der Waals surface area contributed by atoms with Crippen molar-refractivity contribution >= 4 is 130 Å². The molecule has 0 bridgehead atoms. The number of aliphatic hydroxyl groups is 1. The van der Waals surface area contributed by atoms with Crippen molar-refractivity contribution < 1.29 is 29.1 Å². The van der Waals surface area contributed by atoms with Crippen molar-refractivity contribution in [1.82, 2.24) is 34.6 Å². The van der Waals surface area contributed by atoms with Gasteiger partial charge < -0.3 is 37.8 Å². The number of hydrogen-bond acceptors (Lipinski definition) is 17. The molecule has 598 valence electrons. The zero-order valence-electron chi connectivity index (χ0n) is 66.5. The minimum Gasteiger partial charge on any atom is -0.392 e. The third-order valence-corrected chi connectivity index (χ3v) is 20.9. The van der Waals surface area contributed by atoms with Crippen LogP contribution in [0.1, 0.15) is 172 Å². The van der Waals surface area contributed by atoms with Crippen molar-refractivity contribution in [3.05, 3.63) is 317 Å². The number of unbranched alkanes of at least 4 members (excludes halogenated alkanes) is 1. The molecule has 21 heteroatoms. The van der Waals surface area contributed by atoms with Crippen molar-refractivity contribution in [2.45, 2.75) is 77.2 Å². The van der Waals surface area contributed by atoms with Crippen molar-refractivity contribution in [2.24, 2.45) is 0 Å². The minimum atomic E-state index is -0.512. The number of likely N-dealkylation sites (tertiary alicyclic amines) is 1. The summed E-state index contributed by atoms with van der Waals surface area (Å²) in [5.41, 5.74) is 34.2. The number of nitrogens with zero attached hydrogens (tertiary/aromatic N) is 8. The number of anilines is 4. The second-order valence-corrected chi connectivity index (χ2v) is 30.6. The Morgan fingerprint density at radius 1 is 0.458 bits per heavy atom. The molecule has 9 N–H and O–H groups in total. The number of imide groups is 1. The monoisotopic (exact) mass is 1640 g/mol. The van der Waals surface area contributed by atoms with Gasteiger partial charge in [-0.2, -0.15) is 5.26 Å². The Morgan fingerprint density at radius 2 is 0.858 bits per heavy atom. The Labute approximate surface area is 712 Å². The first kappa shape index (κ1) is 85.8. The Morgan fingerprint density at radius 3 is 1.32 bits per heavy atom. The number of aromatic nitrogens is 4. The lowest BCUT2D eigenvalue weighted by molar-refractivity contribution is 0.0646. The predicted molar refractivity (Wildman–Crippen MR) is 481 cm³/mol. The lowest BCUT2D eigenvalue weighted by atomic mass is 9.99. The number of piperidine rings is 1. The second-order valence-electron chi connectivity index (χ2n) is 29.2. The number of Topliss-reactive ketones (excluding diaryl/α,β-unsaturated/α-hetero) is 3. The summed E-state index contributed by atoms with van der Waals surface area (Å²) < 4.78 is 0. The van der Waals surface area contributed by atoms with Gasteiger partial charge in [-0.3, -0.25) is 28.9 Å². The lowest BCUT2D eigenvalue weighted by Crippen LogP contribution is -2.31. The lowest BCUT2D eigenvalue weighted by Gasteiger charge is -2.26. The van der Waals surface area contributed by atoms with Crippen LogP contribution in [0.15, 0.2) is 219 Å². The number of fused-ring (bicyclic) bond motifs is 5. The van der Waals surface area contributed by atoms with Gasteiger partial charge in [-0.15, -0.1) is 0 Å². The number of nitrogen functional groups attached to an aromatic ring is 4. The molecular weight excluding hydrogens is 1560 g/mol. The van der Waals surface area contributed by atoms with Gasteiger partial charge >= 0.3 is 0 Å². The van der Waals surface area contributed by atoms with Gasteiger partial charge in [0.25, 0.3) is 11.8 Å². The van der Waals surface area contributed by atoms with Crippen LogP contribution in [0.25, 0.3) is 43.1 Å². The van der Waals surface area contributed by atoms with Crippen molar-refractivity contribution in [3.63, 3.8) is 0 Å². The molecule has 1 saturated heterocycles. The molecule has 13 aromatic rings. The van der Waals surface area contributed by atoms with Crippen molar-refractivity contribution in [3.8, 4) is 53.4 Å². The summed E-state index contributed by atoms with van der Waals surface area (Å²) in [6.07, 6.45) is 14.1. The third kappa shape index (κ3) is 22.6. The summed E-state index contributed by atoms with van der Waals surface area (Å²) in [6.45, 7) is 6.26. The summed E-state index contributed by atoms with van der Waals surface area (Å²) in [7, 11) is 3.78. The SMILES string of the molecule is CN(C)CC(O)CCC(=O)c1ccc(C#Cc2c(N)ncc3ccc(Cl)cc23)cc1.Cc1ccc2cnc(N)c(C#Cc3ccc(C#N)cc3)c2c1.Nc1ncc2ccc(Cl)cc2c1C#Cc1ccc(C(=O)CCCN2C(=O)c3ccccc3C2=O)cc1.Nc1ncc2ccc(Cl)cc2c1C#Cc1ccccc1C(=O)CCCCN1CCCCC1. The van der Waals surface area contributed by atoms with Gasteiger partial charge in [0.1, 0.15) is 23.3 Å². The fourth-order valence-corrected chi connectivity index (χ4v) is 14.3. The maximum atomic E-state index is 12.9. The first-order valence-corrected chi connectivity index (χ1v) is 40.3. The van der Waals surface area contributed by atoms with Gasteiger partial charge in [-0.05, 0) is 188 Å². The quantitative estimate of drug-likeness (QED) is 0.0245. The highest BCUT2D eigenvalue weighted by molar-refractivity contribution is 6.32. The molecule has 1 atom stereocenters. The highest BCUT2D eigenvalue weighted by Crippen LogP contribution is 2.31. The number of carbonyl (C=O) groups excluding carboxylic acids is 5. The summed E-state index contributed by atoms with van der Waals surface area (Å²) in [4.78, 5) is 85.3. The number of hydrogen-bond donors (Lipinski definition) is 5. The van der Waals surface area contributed by atoms with Crippen molar-refractivity contribution in [2.75, 3.05) is 69.8 Å². The molecule has 6 heterocycles. The van der Waals surface area contributed by atoms with E-state index in [1.807, 2.05) is 117 Å². The van der Waals surface area contributed by atoms with E-state index in [1.165, 1.54) is 37.3 Å². The minimum absolute atomic E-state index is 0.00413. The zero-order chi connectivity index (χ0) is 84.8. The number of amides is 2. The number of carbonyl (C=O) groups is 5. The van der Waals surface area contributed by atoms with Gasteiger partial charge in [0.05, 0.1) is 51.1 Å². The molecule has 2 amide bonds. The van der Waals surface area contributed by atoms with Crippen LogP contribution in [-0.4, -0.2) is 122 Å². The summed E-state index contributed by atoms with van der Waals surface area (Å²) in [5, 5.41) is 27.8. The molecule has 2 aliphatic heterocycles. The van der Waals surface area contributed by atoms with E-state index >= 15 is 0 Å². The average Bonchev–Trinajstić information content (AvgIpc) is 1.65. The highest BCUT2D eigenvalue weighted by Gasteiger charge is 2.35. The van der Waals surface area contributed by atoms with E-state index in [-0.39, 0.29) is 42.1 Å². The topological polar surface area (TPSA) is 295 Å². The number of aryl methyl sites for hydroxylation is 1. The van der Waals surface area contributed by atoms with Crippen molar-refractivity contribution in [1.29, 1.82) is 5.26 Å². The Balaban J connectivity index is 0.000000149. The summed E-state index contributed by atoms with van der Waals surface area (Å²) in [5.74, 6) is 25.7. The predicted octanol–water partition coefficient (Wildman–Crippen LogP) is 18.0. The standard InChI is InChI=1S/C29H20ClN3O3.C27H28ClN3O.C24H24ClN3O2.C19H13N3/c30-21-13-12-20-17-32-27(31)22(25(20)16-21)14-9-18-7-10-19(11-8-18)26(34)6-3-15-33-28(35)23-4-1-2-5-24(23)29(33)36;28-22-13-11-21-19-30-27(29)24(25(21)18-22)14-12-20-8-2-3-9-23(20)26(32)10-4-7-17-31-15-5-1-6-16-31;1-28(2)15-20(29)10-12-23(30)17-6-3-16(4-7-17)5-11-21-22-13-19(25)9-8-18(22)14-27-24(21)26;1-13-2-8-16-12-22-19(21)17(18(16)10-13)9-7-14-3-5-15(11-20)6-4-14/h1-2,4-5,7-8,10-13,16-17H,3,6,15H2,(H2,31,32);2-3,8-9,11,13,18-19H,1,4-7,10,15-17H2,(H2,29,30);3-4,6-9,13-14,20,29H,10,12,15H2,1-2H3,(H2,26,27);2-6,8,10,12H,1H3,(H2,21,22). The van der Waals surface area contributed by atoms with Crippen LogP contribution in [0.3, 0.4) is 0 Å². The Bertz CT molecular complexity index is 6320. The number of aliphatic hydroxyl groups excluding tert-OH is 1. The molecule has 0 spiro atoms. The smallest absolute Gasteiger partial charge is 0.261 e. The number of benzene rings is 9. The highest BCUT2D eigenvalue weighted by atomic mass is 35.5. The van der Waals surface area contributed by atoms with E-state index < -0.39 is 6.10 Å². The number of halogens is 3. The fraction of sp³-hybridized carbons (Fsp3) is 0.192. The largest absolute Gasteiger partial charge is 0.392 e. The van der Waals surface area contributed by atoms with Crippen LogP contribution in [0.2, 0.25) is 15.1 Å². The Hall–Kier alpha value is -13.6. The molecule has 9 aromatic carbocycles. The maximum Gasteiger partial charge on any atom is 0.261 e. The van der Waals surface area contributed by atoms with E-state index in [4.69, 9.17) is 63.0 Å². The van der Waals surface area contributed by atoms with E-state index in [0.29, 0.717) is 126 Å². The van der Waals surface area contributed by atoms with Gasteiger partial charge in [0, 0.05) is 154 Å². The number of rotatable bonds is 17. The molecule has 0 aliphatic carbocycles. The van der Waals surface area contributed by atoms with E-state index in [9.17, 15) is 29.1 Å². The summed E-state index contributed by atoms with van der Waals surface area (Å²) >= 11 is 18.4. The molecule has 0 saturated carbocycles. The van der Waals surface area contributed by atoms with Crippen LogP contribution in [0, 0.1) is 65.6 Å². The molecule has 15 rings (SSSR count). The van der Waals surface area contributed by atoms with Crippen LogP contribution < -0.4 is 22.9 Å². The zero-order valence-corrected chi connectivity index (χ0v) is 68.7. The summed E-state index contributed by atoms with van der Waals surface area (Å²) in [6, 6.07) is 60.3. The number of ketones is 3. The first-order valence-electron chi connectivity index (χ1n) is 39.2. The van der Waals surface area contributed by atoms with Crippen LogP contribution in [-0.2, 0) is 0 Å². The molecule has 4 aromatic heterocycles. The number of nitrogens with two attached hydrogens (primary N) is 4. The van der Waals surface area contributed by atoms with E-state index in [2.05, 4.69) is 84.3 Å². The second kappa shape index (κ2) is 41.0. The van der Waals surface area contributed by atoms with E-state index in [0.717, 1.165) is 90.3 Å². The van der Waals surface area contributed by atoms with Crippen LogP contribution in [0.5, 0.6) is 0 Å². The van der Waals surface area contributed by atoms with Gasteiger partial charge in [0.15, 0.2) is 17.3 Å². The molecule has 2 aliphatic rings. The molecule has 0 radical (unpaired) electrons. The van der Waals surface area contributed by atoms with E-state index in [1.54, 1.807) is 122 Å². The van der Waals surface area contributed by atoms with Gasteiger partial charge in [-0.25, -0.2) is 19.9 Å². The molecular formula is C99H85Cl3N12O6. The number of likely N-dealkylation sites (N-methyl/N-ethyl adjacent to an activating group) is 1. The van der Waals surface area contributed by atoms with Gasteiger partial charge in [0.2, 0.25) is 0 Å². The van der Waals surface area contributed by atoms with Crippen LogP contribution in [0.4, 0.5) is 23.3 Å². The normalized spacial score (nSPS) is 12.3. The molecule has 1 unspecified atom stereocenters. The van der Waals surface area contributed by atoms with Crippen LogP contribution >= 0.6 is 34.8 Å². The first-order chi connectivity index (χ1) is 58.0. The number of pyridine rings is 4.